The van der Waals surface area contributed by atoms with Crippen LogP contribution in [-0.2, 0) is 6.54 Å². The first-order valence-electron chi connectivity index (χ1n) is 5.89. The number of benzene rings is 1. The SMILES string of the molecule is CCN(CC)C(N)=NCc1ccccc1OC. The lowest BCUT2D eigenvalue weighted by atomic mass is 10.2. The number of hydrogen-bond acceptors (Lipinski definition) is 2. The van der Waals surface area contributed by atoms with Gasteiger partial charge in [-0.3, -0.25) is 0 Å². The number of guanidine groups is 1. The summed E-state index contributed by atoms with van der Waals surface area (Å²) in [5.41, 5.74) is 6.96. The van der Waals surface area contributed by atoms with Crippen molar-refractivity contribution < 1.29 is 4.74 Å². The molecule has 0 aliphatic heterocycles. The molecule has 0 atom stereocenters. The third kappa shape index (κ3) is 3.66. The first-order chi connectivity index (χ1) is 8.22. The van der Waals surface area contributed by atoms with Crippen LogP contribution in [0.2, 0.25) is 0 Å². The van der Waals surface area contributed by atoms with Gasteiger partial charge in [0.2, 0.25) is 0 Å². The number of nitrogens with two attached hydrogens (primary N) is 1. The number of para-hydroxylation sites is 1. The van der Waals surface area contributed by atoms with Gasteiger partial charge in [0.05, 0.1) is 13.7 Å². The Hall–Kier alpha value is -1.71. The molecule has 2 N–H and O–H groups in total. The molecule has 0 aromatic heterocycles. The fraction of sp³-hybridized carbons (Fsp3) is 0.462. The Bertz CT molecular complexity index is 373. The summed E-state index contributed by atoms with van der Waals surface area (Å²) in [6.45, 7) is 6.42. The highest BCUT2D eigenvalue weighted by Crippen LogP contribution is 2.17. The van der Waals surface area contributed by atoms with Crippen LogP contribution in [0.3, 0.4) is 0 Å². The monoisotopic (exact) mass is 235 g/mol. The smallest absolute Gasteiger partial charge is 0.191 e. The summed E-state index contributed by atoms with van der Waals surface area (Å²) < 4.78 is 5.27. The normalized spacial score (nSPS) is 11.4. The van der Waals surface area contributed by atoms with E-state index in [1.54, 1.807) is 7.11 Å². The van der Waals surface area contributed by atoms with Gasteiger partial charge in [0.15, 0.2) is 5.96 Å². The van der Waals surface area contributed by atoms with Gasteiger partial charge in [0.25, 0.3) is 0 Å². The number of ether oxygens (including phenoxy) is 1. The van der Waals surface area contributed by atoms with Gasteiger partial charge in [-0.1, -0.05) is 18.2 Å². The highest BCUT2D eigenvalue weighted by atomic mass is 16.5. The van der Waals surface area contributed by atoms with Crippen LogP contribution < -0.4 is 10.5 Å². The molecule has 1 aromatic rings. The van der Waals surface area contributed by atoms with Crippen LogP contribution in [-0.4, -0.2) is 31.1 Å². The number of nitrogens with zero attached hydrogens (tertiary/aromatic N) is 2. The maximum atomic E-state index is 5.91. The Kier molecular flexibility index (Phi) is 5.33. The highest BCUT2D eigenvalue weighted by molar-refractivity contribution is 5.78. The van der Waals surface area contributed by atoms with Crippen LogP contribution in [0.1, 0.15) is 19.4 Å². The fourth-order valence-electron chi connectivity index (χ4n) is 1.65. The van der Waals surface area contributed by atoms with E-state index in [0.717, 1.165) is 24.4 Å². The van der Waals surface area contributed by atoms with Crippen molar-refractivity contribution in [2.75, 3.05) is 20.2 Å². The van der Waals surface area contributed by atoms with E-state index >= 15 is 0 Å². The average molecular weight is 235 g/mol. The van der Waals surface area contributed by atoms with Gasteiger partial charge in [0, 0.05) is 18.7 Å². The molecule has 0 amide bonds. The zero-order valence-corrected chi connectivity index (χ0v) is 10.8. The van der Waals surface area contributed by atoms with Crippen molar-refractivity contribution in [3.8, 4) is 5.75 Å². The molecule has 4 nitrogen and oxygen atoms in total. The summed E-state index contributed by atoms with van der Waals surface area (Å²) in [4.78, 5) is 6.41. The fourth-order valence-corrected chi connectivity index (χ4v) is 1.65. The summed E-state index contributed by atoms with van der Waals surface area (Å²) in [5.74, 6) is 1.43. The highest BCUT2D eigenvalue weighted by Gasteiger charge is 2.04. The standard InChI is InChI=1S/C13H21N3O/c1-4-16(5-2)13(14)15-10-11-8-6-7-9-12(11)17-3/h6-9H,4-5,10H2,1-3H3,(H2,14,15). The average Bonchev–Trinajstić information content (AvgIpc) is 2.38. The van der Waals surface area contributed by atoms with Gasteiger partial charge in [-0.05, 0) is 19.9 Å². The van der Waals surface area contributed by atoms with E-state index < -0.39 is 0 Å². The van der Waals surface area contributed by atoms with Gasteiger partial charge in [0.1, 0.15) is 5.75 Å². The third-order valence-electron chi connectivity index (χ3n) is 2.69. The zero-order valence-electron chi connectivity index (χ0n) is 10.8. The van der Waals surface area contributed by atoms with Crippen molar-refractivity contribution in [3.63, 3.8) is 0 Å². The molecule has 0 unspecified atom stereocenters. The van der Waals surface area contributed by atoms with E-state index in [2.05, 4.69) is 18.8 Å². The Morgan fingerprint density at radius 1 is 1.29 bits per heavy atom. The molecule has 94 valence electrons. The van der Waals surface area contributed by atoms with Crippen molar-refractivity contribution in [2.45, 2.75) is 20.4 Å². The molecule has 0 radical (unpaired) electrons. The van der Waals surface area contributed by atoms with Crippen LogP contribution >= 0.6 is 0 Å². The van der Waals surface area contributed by atoms with Crippen LogP contribution in [0.5, 0.6) is 5.75 Å². The van der Waals surface area contributed by atoms with Crippen LogP contribution in [0.4, 0.5) is 0 Å². The molecule has 1 aromatic carbocycles. The molecule has 0 heterocycles. The molecule has 0 spiro atoms. The maximum Gasteiger partial charge on any atom is 0.191 e. The van der Waals surface area contributed by atoms with Gasteiger partial charge >= 0.3 is 0 Å². The molecular weight excluding hydrogens is 214 g/mol. The first kappa shape index (κ1) is 13.4. The van der Waals surface area contributed by atoms with Gasteiger partial charge < -0.3 is 15.4 Å². The number of aliphatic imine (C=N–C) groups is 1. The number of rotatable bonds is 5. The van der Waals surface area contributed by atoms with E-state index in [4.69, 9.17) is 10.5 Å². The van der Waals surface area contributed by atoms with Crippen molar-refractivity contribution in [1.82, 2.24) is 4.90 Å². The lowest BCUT2D eigenvalue weighted by Gasteiger charge is -2.19. The third-order valence-corrected chi connectivity index (χ3v) is 2.69. The van der Waals surface area contributed by atoms with Crippen molar-refractivity contribution in [1.29, 1.82) is 0 Å². The molecule has 4 heteroatoms. The van der Waals surface area contributed by atoms with Crippen LogP contribution in [0, 0.1) is 0 Å². The quantitative estimate of drug-likeness (QED) is 0.626. The second-order valence-electron chi connectivity index (χ2n) is 3.66. The Labute approximate surface area is 103 Å². The summed E-state index contributed by atoms with van der Waals surface area (Å²) in [7, 11) is 1.66. The molecule has 0 saturated heterocycles. The Morgan fingerprint density at radius 2 is 1.94 bits per heavy atom. The lowest BCUT2D eigenvalue weighted by molar-refractivity contribution is 0.409. The maximum absolute atomic E-state index is 5.91. The second-order valence-corrected chi connectivity index (χ2v) is 3.66. The van der Waals surface area contributed by atoms with Gasteiger partial charge in [-0.2, -0.15) is 0 Å². The number of hydrogen-bond donors (Lipinski definition) is 1. The molecule has 0 bridgehead atoms. The minimum Gasteiger partial charge on any atom is -0.496 e. The predicted molar refractivity (Wildman–Crippen MR) is 71.2 cm³/mol. The summed E-state index contributed by atoms with van der Waals surface area (Å²) >= 11 is 0. The molecule has 0 saturated carbocycles. The largest absolute Gasteiger partial charge is 0.496 e. The second kappa shape index (κ2) is 6.78. The van der Waals surface area contributed by atoms with E-state index in [1.807, 2.05) is 29.2 Å². The van der Waals surface area contributed by atoms with Crippen molar-refractivity contribution >= 4 is 5.96 Å². The van der Waals surface area contributed by atoms with E-state index in [1.165, 1.54) is 0 Å². The predicted octanol–water partition coefficient (Wildman–Crippen LogP) is 1.85. The Morgan fingerprint density at radius 3 is 2.53 bits per heavy atom. The summed E-state index contributed by atoms with van der Waals surface area (Å²) in [6, 6.07) is 7.84. The number of methoxy groups -OCH3 is 1. The molecule has 0 aliphatic rings. The minimum atomic E-state index is 0.548. The Balaban J connectivity index is 2.74. The van der Waals surface area contributed by atoms with Gasteiger partial charge in [-0.15, -0.1) is 0 Å². The summed E-state index contributed by atoms with van der Waals surface area (Å²) in [6.07, 6.45) is 0. The lowest BCUT2D eigenvalue weighted by Crippen LogP contribution is -2.37. The van der Waals surface area contributed by atoms with E-state index in [0.29, 0.717) is 12.5 Å². The molecule has 1 rings (SSSR count). The first-order valence-corrected chi connectivity index (χ1v) is 5.89. The topological polar surface area (TPSA) is 50.8 Å². The van der Waals surface area contributed by atoms with E-state index in [-0.39, 0.29) is 0 Å². The zero-order chi connectivity index (χ0) is 12.7. The molecule has 0 aliphatic carbocycles. The van der Waals surface area contributed by atoms with Crippen molar-refractivity contribution in [3.05, 3.63) is 29.8 Å². The van der Waals surface area contributed by atoms with Crippen molar-refractivity contribution in [2.24, 2.45) is 10.7 Å². The molecule has 0 fully saturated rings. The van der Waals surface area contributed by atoms with Crippen LogP contribution in [0.15, 0.2) is 29.3 Å². The summed E-state index contributed by atoms with van der Waals surface area (Å²) in [5, 5.41) is 0. The van der Waals surface area contributed by atoms with Crippen LogP contribution in [0.25, 0.3) is 0 Å². The van der Waals surface area contributed by atoms with E-state index in [9.17, 15) is 0 Å². The minimum absolute atomic E-state index is 0.548. The van der Waals surface area contributed by atoms with Gasteiger partial charge in [-0.25, -0.2) is 4.99 Å². The molecule has 17 heavy (non-hydrogen) atoms. The molecular formula is C13H21N3O.